The molecule has 1 rings (SSSR count). The van der Waals surface area contributed by atoms with Gasteiger partial charge in [-0.2, -0.15) is 0 Å². The highest BCUT2D eigenvalue weighted by Gasteiger charge is 2.14. The molecule has 1 aromatic carbocycles. The van der Waals surface area contributed by atoms with Gasteiger partial charge in [0, 0.05) is 28.2 Å². The van der Waals surface area contributed by atoms with Gasteiger partial charge in [-0.1, -0.05) is 28.6 Å². The van der Waals surface area contributed by atoms with Gasteiger partial charge >= 0.3 is 0 Å². The lowest BCUT2D eigenvalue weighted by Crippen LogP contribution is -2.24. The van der Waals surface area contributed by atoms with Crippen molar-refractivity contribution in [1.82, 2.24) is 5.32 Å². The molecule has 1 aromatic rings. The first-order chi connectivity index (χ1) is 7.91. The molecular formula is C11H11BrN2O3. The smallest absolute Gasteiger partial charge is 0.273 e. The van der Waals surface area contributed by atoms with Gasteiger partial charge in [0.05, 0.1) is 4.92 Å². The number of halogens is 1. The van der Waals surface area contributed by atoms with Gasteiger partial charge < -0.3 is 5.32 Å². The van der Waals surface area contributed by atoms with Crippen molar-refractivity contribution in [2.75, 3.05) is 6.54 Å². The van der Waals surface area contributed by atoms with Crippen LogP contribution in [0.5, 0.6) is 0 Å². The van der Waals surface area contributed by atoms with E-state index in [1.54, 1.807) is 19.1 Å². The van der Waals surface area contributed by atoms with Crippen molar-refractivity contribution in [2.45, 2.75) is 6.92 Å². The van der Waals surface area contributed by atoms with Crippen molar-refractivity contribution >= 4 is 27.5 Å². The Kier molecular flexibility index (Phi) is 4.39. The van der Waals surface area contributed by atoms with Crippen LogP contribution in [0.3, 0.4) is 0 Å². The Hall–Kier alpha value is -1.69. The number of nitro groups is 1. The van der Waals surface area contributed by atoms with E-state index in [9.17, 15) is 14.9 Å². The third-order valence-corrected chi connectivity index (χ3v) is 2.39. The molecule has 1 N–H and O–H groups in total. The largest absolute Gasteiger partial charge is 0.347 e. The number of benzene rings is 1. The number of aryl methyl sites for hydroxylation is 1. The maximum absolute atomic E-state index is 11.6. The van der Waals surface area contributed by atoms with Crippen molar-refractivity contribution in [3.05, 3.63) is 50.5 Å². The van der Waals surface area contributed by atoms with E-state index in [-0.39, 0.29) is 23.7 Å². The highest BCUT2D eigenvalue weighted by atomic mass is 79.9. The van der Waals surface area contributed by atoms with E-state index in [0.717, 1.165) is 0 Å². The zero-order chi connectivity index (χ0) is 13.0. The van der Waals surface area contributed by atoms with Crippen LogP contribution in [0.2, 0.25) is 0 Å². The Morgan fingerprint density at radius 2 is 2.24 bits per heavy atom. The standard InChI is InChI=1S/C11H11BrN2O3/c1-7-3-4-9(5-10(7)14(16)17)11(15)13-6-8(2)12/h3-5H,2,6H2,1H3,(H,13,15). The van der Waals surface area contributed by atoms with E-state index < -0.39 is 4.92 Å². The van der Waals surface area contributed by atoms with E-state index in [4.69, 9.17) is 0 Å². The van der Waals surface area contributed by atoms with Gasteiger partial charge in [-0.15, -0.1) is 0 Å². The predicted molar refractivity (Wildman–Crippen MR) is 68.2 cm³/mol. The lowest BCUT2D eigenvalue weighted by Gasteiger charge is -2.04. The maximum atomic E-state index is 11.6. The summed E-state index contributed by atoms with van der Waals surface area (Å²) in [5.74, 6) is -0.367. The quantitative estimate of drug-likeness (QED) is 0.686. The van der Waals surface area contributed by atoms with Crippen molar-refractivity contribution < 1.29 is 9.72 Å². The van der Waals surface area contributed by atoms with Crippen LogP contribution in [0, 0.1) is 17.0 Å². The second kappa shape index (κ2) is 5.58. The highest BCUT2D eigenvalue weighted by Crippen LogP contribution is 2.19. The molecule has 0 aliphatic rings. The molecule has 6 heteroatoms. The Morgan fingerprint density at radius 1 is 1.59 bits per heavy atom. The summed E-state index contributed by atoms with van der Waals surface area (Å²) in [4.78, 5) is 21.9. The highest BCUT2D eigenvalue weighted by molar-refractivity contribution is 9.11. The summed E-state index contributed by atoms with van der Waals surface area (Å²) < 4.78 is 0.632. The minimum atomic E-state index is -0.504. The van der Waals surface area contributed by atoms with Crippen LogP contribution >= 0.6 is 15.9 Å². The normalized spacial score (nSPS) is 9.76. The van der Waals surface area contributed by atoms with Gasteiger partial charge in [0.1, 0.15) is 0 Å². The minimum Gasteiger partial charge on any atom is -0.347 e. The number of hydrogen-bond acceptors (Lipinski definition) is 3. The number of nitro benzene ring substituents is 1. The van der Waals surface area contributed by atoms with Crippen molar-refractivity contribution in [1.29, 1.82) is 0 Å². The van der Waals surface area contributed by atoms with Crippen LogP contribution in [0.4, 0.5) is 5.69 Å². The topological polar surface area (TPSA) is 72.2 Å². The van der Waals surface area contributed by atoms with E-state index in [0.29, 0.717) is 10.0 Å². The van der Waals surface area contributed by atoms with Crippen LogP contribution in [0.25, 0.3) is 0 Å². The molecule has 0 heterocycles. The Labute approximate surface area is 107 Å². The fraction of sp³-hybridized carbons (Fsp3) is 0.182. The summed E-state index contributed by atoms with van der Waals surface area (Å²) in [7, 11) is 0. The SMILES string of the molecule is C=C(Br)CNC(=O)c1ccc(C)c([N+](=O)[O-])c1. The van der Waals surface area contributed by atoms with E-state index in [2.05, 4.69) is 27.8 Å². The number of carbonyl (C=O) groups is 1. The van der Waals surface area contributed by atoms with E-state index >= 15 is 0 Å². The van der Waals surface area contributed by atoms with Crippen LogP contribution in [-0.2, 0) is 0 Å². The summed E-state index contributed by atoms with van der Waals surface area (Å²) >= 11 is 3.11. The number of nitrogens with one attached hydrogen (secondary N) is 1. The Balaban J connectivity index is 2.92. The van der Waals surface area contributed by atoms with Gasteiger partial charge in [0.2, 0.25) is 0 Å². The minimum absolute atomic E-state index is 0.0599. The molecule has 0 bridgehead atoms. The summed E-state index contributed by atoms with van der Waals surface area (Å²) in [5.41, 5.74) is 0.725. The second-order valence-electron chi connectivity index (χ2n) is 3.46. The van der Waals surface area contributed by atoms with E-state index in [1.807, 2.05) is 0 Å². The fourth-order valence-corrected chi connectivity index (χ4v) is 1.37. The van der Waals surface area contributed by atoms with Gasteiger partial charge in [0.15, 0.2) is 0 Å². The van der Waals surface area contributed by atoms with Crippen molar-refractivity contribution in [3.63, 3.8) is 0 Å². The average Bonchev–Trinajstić information content (AvgIpc) is 2.26. The van der Waals surface area contributed by atoms with Gasteiger partial charge in [-0.3, -0.25) is 14.9 Å². The van der Waals surface area contributed by atoms with Crippen LogP contribution in [0.1, 0.15) is 15.9 Å². The molecule has 0 spiro atoms. The molecule has 0 aromatic heterocycles. The van der Waals surface area contributed by atoms with Gasteiger partial charge in [-0.05, 0) is 13.0 Å². The monoisotopic (exact) mass is 298 g/mol. The number of amides is 1. The fourth-order valence-electron chi connectivity index (χ4n) is 1.23. The summed E-state index contributed by atoms with van der Waals surface area (Å²) in [5, 5.41) is 13.3. The summed E-state index contributed by atoms with van der Waals surface area (Å²) in [6.07, 6.45) is 0. The predicted octanol–water partition coefficient (Wildman–Crippen LogP) is 2.54. The number of hydrogen-bond donors (Lipinski definition) is 1. The molecule has 5 nitrogen and oxygen atoms in total. The van der Waals surface area contributed by atoms with Crippen molar-refractivity contribution in [3.8, 4) is 0 Å². The molecule has 1 amide bonds. The lowest BCUT2D eigenvalue weighted by molar-refractivity contribution is -0.385. The average molecular weight is 299 g/mol. The molecule has 0 aliphatic heterocycles. The molecule has 90 valence electrons. The number of carbonyl (C=O) groups excluding carboxylic acids is 1. The number of nitrogens with zero attached hydrogens (tertiary/aromatic N) is 1. The molecular weight excluding hydrogens is 288 g/mol. The zero-order valence-electron chi connectivity index (χ0n) is 9.20. The lowest BCUT2D eigenvalue weighted by atomic mass is 10.1. The summed E-state index contributed by atoms with van der Waals surface area (Å²) in [6.45, 7) is 5.48. The first-order valence-corrected chi connectivity index (χ1v) is 5.57. The third-order valence-electron chi connectivity index (χ3n) is 2.11. The van der Waals surface area contributed by atoms with Crippen molar-refractivity contribution in [2.24, 2.45) is 0 Å². The molecule has 0 saturated carbocycles. The molecule has 0 saturated heterocycles. The van der Waals surface area contributed by atoms with Crippen LogP contribution in [-0.4, -0.2) is 17.4 Å². The first kappa shape index (κ1) is 13.4. The molecule has 0 radical (unpaired) electrons. The molecule has 17 heavy (non-hydrogen) atoms. The third kappa shape index (κ3) is 3.67. The van der Waals surface area contributed by atoms with Crippen LogP contribution in [0.15, 0.2) is 29.3 Å². The maximum Gasteiger partial charge on any atom is 0.273 e. The molecule has 0 aliphatic carbocycles. The molecule has 0 fully saturated rings. The van der Waals surface area contributed by atoms with Gasteiger partial charge in [-0.25, -0.2) is 0 Å². The zero-order valence-corrected chi connectivity index (χ0v) is 10.8. The Morgan fingerprint density at radius 3 is 2.76 bits per heavy atom. The number of rotatable bonds is 4. The Bertz CT molecular complexity index is 486. The molecule has 0 unspecified atom stereocenters. The summed E-state index contributed by atoms with van der Waals surface area (Å²) in [6, 6.07) is 4.37. The first-order valence-electron chi connectivity index (χ1n) is 4.78. The van der Waals surface area contributed by atoms with E-state index in [1.165, 1.54) is 6.07 Å². The van der Waals surface area contributed by atoms with Crippen LogP contribution < -0.4 is 5.32 Å². The molecule has 0 atom stereocenters. The van der Waals surface area contributed by atoms with Gasteiger partial charge in [0.25, 0.3) is 11.6 Å². The second-order valence-corrected chi connectivity index (χ2v) is 4.58.